The molecule has 4 nitrogen and oxygen atoms in total. The van der Waals surface area contributed by atoms with E-state index in [0.717, 1.165) is 12.8 Å². The third-order valence-corrected chi connectivity index (χ3v) is 1.73. The third kappa shape index (κ3) is 6.54. The van der Waals surface area contributed by atoms with Gasteiger partial charge in [0, 0.05) is 14.1 Å². The van der Waals surface area contributed by atoms with Crippen LogP contribution in [0.1, 0.15) is 26.7 Å². The van der Waals surface area contributed by atoms with Crippen LogP contribution in [-0.4, -0.2) is 31.1 Å². The molecule has 13 heavy (non-hydrogen) atoms. The normalized spacial score (nSPS) is 13.5. The summed E-state index contributed by atoms with van der Waals surface area (Å²) >= 11 is 0. The molecule has 0 radical (unpaired) electrons. The van der Waals surface area contributed by atoms with Crippen molar-refractivity contribution in [3.8, 4) is 0 Å². The molecule has 0 aromatic heterocycles. The van der Waals surface area contributed by atoms with Gasteiger partial charge >= 0.3 is 0 Å². The van der Waals surface area contributed by atoms with Crippen molar-refractivity contribution >= 4 is 5.91 Å². The van der Waals surface area contributed by atoms with Crippen LogP contribution in [0.15, 0.2) is 0 Å². The maximum Gasteiger partial charge on any atom is 0.251 e. The van der Waals surface area contributed by atoms with E-state index in [4.69, 9.17) is 5.73 Å². The van der Waals surface area contributed by atoms with Gasteiger partial charge in [-0.25, -0.2) is 5.01 Å². The van der Waals surface area contributed by atoms with Crippen LogP contribution >= 0.6 is 0 Å². The molecule has 0 saturated carbocycles. The highest BCUT2D eigenvalue weighted by Gasteiger charge is 2.13. The first kappa shape index (κ1) is 12.4. The Morgan fingerprint density at radius 1 is 1.38 bits per heavy atom. The highest BCUT2D eigenvalue weighted by atomic mass is 16.2. The number of hydrogen-bond donors (Lipinski definition) is 2. The second-order valence-corrected chi connectivity index (χ2v) is 3.95. The minimum absolute atomic E-state index is 0.106. The molecule has 0 spiro atoms. The topological polar surface area (TPSA) is 58.4 Å². The zero-order valence-electron chi connectivity index (χ0n) is 9.00. The van der Waals surface area contributed by atoms with Gasteiger partial charge in [-0.1, -0.05) is 13.8 Å². The zero-order chi connectivity index (χ0) is 10.4. The highest BCUT2D eigenvalue weighted by molar-refractivity contribution is 5.80. The Kier molecular flexibility index (Phi) is 5.66. The molecule has 0 bridgehead atoms. The first-order valence-electron chi connectivity index (χ1n) is 4.67. The van der Waals surface area contributed by atoms with Crippen molar-refractivity contribution < 1.29 is 4.79 Å². The van der Waals surface area contributed by atoms with Gasteiger partial charge in [0.05, 0.1) is 6.04 Å². The summed E-state index contributed by atoms with van der Waals surface area (Å²) in [7, 11) is 3.54. The summed E-state index contributed by atoms with van der Waals surface area (Å²) in [4.78, 5) is 11.3. The predicted molar refractivity (Wildman–Crippen MR) is 53.9 cm³/mol. The quantitative estimate of drug-likeness (QED) is 0.610. The van der Waals surface area contributed by atoms with Crippen LogP contribution in [0.4, 0.5) is 0 Å². The van der Waals surface area contributed by atoms with Gasteiger partial charge in [-0.2, -0.15) is 0 Å². The lowest BCUT2D eigenvalue weighted by Crippen LogP contribution is -2.46. The van der Waals surface area contributed by atoms with Crippen molar-refractivity contribution in [1.29, 1.82) is 0 Å². The molecule has 0 saturated heterocycles. The molecule has 0 aliphatic rings. The summed E-state index contributed by atoms with van der Waals surface area (Å²) in [6, 6.07) is -0.384. The number of nitrogens with one attached hydrogen (secondary N) is 1. The van der Waals surface area contributed by atoms with Crippen LogP contribution < -0.4 is 11.2 Å². The Labute approximate surface area is 80.4 Å². The summed E-state index contributed by atoms with van der Waals surface area (Å²) in [6.07, 6.45) is 1.74. The fourth-order valence-electron chi connectivity index (χ4n) is 0.947. The molecule has 0 aliphatic carbocycles. The Hall–Kier alpha value is -0.610. The van der Waals surface area contributed by atoms with Crippen LogP contribution in [0, 0.1) is 5.92 Å². The van der Waals surface area contributed by atoms with E-state index in [1.54, 1.807) is 19.1 Å². The zero-order valence-corrected chi connectivity index (χ0v) is 9.00. The van der Waals surface area contributed by atoms with E-state index >= 15 is 0 Å². The van der Waals surface area contributed by atoms with Crippen LogP contribution in [0.25, 0.3) is 0 Å². The molecule has 1 amide bonds. The molecule has 0 aromatic carbocycles. The highest BCUT2D eigenvalue weighted by Crippen LogP contribution is 2.05. The van der Waals surface area contributed by atoms with E-state index < -0.39 is 0 Å². The van der Waals surface area contributed by atoms with Crippen LogP contribution in [0.3, 0.4) is 0 Å². The smallest absolute Gasteiger partial charge is 0.251 e. The summed E-state index contributed by atoms with van der Waals surface area (Å²) in [6.45, 7) is 4.24. The van der Waals surface area contributed by atoms with Crippen LogP contribution in [-0.2, 0) is 4.79 Å². The van der Waals surface area contributed by atoms with Gasteiger partial charge in [-0.05, 0) is 18.8 Å². The minimum atomic E-state index is -0.384. The van der Waals surface area contributed by atoms with Crippen LogP contribution in [0.2, 0.25) is 0 Å². The van der Waals surface area contributed by atoms with E-state index in [1.165, 1.54) is 0 Å². The average molecular weight is 187 g/mol. The Morgan fingerprint density at radius 2 is 1.92 bits per heavy atom. The molecule has 1 atom stereocenters. The minimum Gasteiger partial charge on any atom is -0.320 e. The monoisotopic (exact) mass is 187 g/mol. The molecule has 0 heterocycles. The van der Waals surface area contributed by atoms with Crippen molar-refractivity contribution in [2.75, 3.05) is 14.1 Å². The Bertz CT molecular complexity index is 157. The lowest BCUT2D eigenvalue weighted by Gasteiger charge is -2.16. The average Bonchev–Trinajstić information content (AvgIpc) is 1.98. The molecule has 0 aliphatic heterocycles. The second kappa shape index (κ2) is 5.94. The van der Waals surface area contributed by atoms with Crippen LogP contribution in [0.5, 0.6) is 0 Å². The van der Waals surface area contributed by atoms with Gasteiger partial charge in [0.15, 0.2) is 0 Å². The summed E-state index contributed by atoms with van der Waals surface area (Å²) in [5, 5.41) is 1.61. The van der Waals surface area contributed by atoms with Crippen molar-refractivity contribution in [3.63, 3.8) is 0 Å². The Balaban J connectivity index is 3.69. The summed E-state index contributed by atoms with van der Waals surface area (Å²) < 4.78 is 0. The van der Waals surface area contributed by atoms with Crippen molar-refractivity contribution in [2.24, 2.45) is 11.7 Å². The molecule has 0 rings (SSSR count). The second-order valence-electron chi connectivity index (χ2n) is 3.95. The molecule has 1 unspecified atom stereocenters. The van der Waals surface area contributed by atoms with Gasteiger partial charge in [0.2, 0.25) is 0 Å². The van der Waals surface area contributed by atoms with E-state index in [0.29, 0.717) is 5.92 Å². The number of nitrogens with zero attached hydrogens (tertiary/aromatic N) is 1. The van der Waals surface area contributed by atoms with E-state index in [9.17, 15) is 4.79 Å². The molecular formula is C9H21N3O. The maximum absolute atomic E-state index is 11.3. The fraction of sp³-hybridized carbons (Fsp3) is 0.889. The third-order valence-electron chi connectivity index (χ3n) is 1.73. The number of hydrogen-bond acceptors (Lipinski definition) is 3. The maximum atomic E-state index is 11.3. The molecule has 3 N–H and O–H groups in total. The predicted octanol–water partition coefficient (Wildman–Crippen LogP) is 0.343. The summed E-state index contributed by atoms with van der Waals surface area (Å²) in [5.74, 6) is 0.490. The first-order chi connectivity index (χ1) is 5.93. The number of hydrazine groups is 1. The number of amides is 1. The van der Waals surface area contributed by atoms with Gasteiger partial charge in [0.1, 0.15) is 0 Å². The molecule has 0 aromatic rings. The number of nitrogens with two attached hydrogens (primary N) is 1. The van der Waals surface area contributed by atoms with Gasteiger partial charge in [-0.15, -0.1) is 0 Å². The van der Waals surface area contributed by atoms with Crippen molar-refractivity contribution in [3.05, 3.63) is 0 Å². The SMILES string of the molecule is CC(C)CCC(N)C(=O)NN(C)C. The van der Waals surface area contributed by atoms with E-state index in [-0.39, 0.29) is 11.9 Å². The first-order valence-corrected chi connectivity index (χ1v) is 4.67. The van der Waals surface area contributed by atoms with E-state index in [1.807, 2.05) is 0 Å². The largest absolute Gasteiger partial charge is 0.320 e. The number of rotatable bonds is 5. The number of carbonyl (C=O) groups is 1. The Morgan fingerprint density at radius 3 is 2.31 bits per heavy atom. The van der Waals surface area contributed by atoms with E-state index in [2.05, 4.69) is 19.3 Å². The standard InChI is InChI=1S/C9H21N3O/c1-7(2)5-6-8(10)9(13)11-12(3)4/h7-8H,5-6,10H2,1-4H3,(H,11,13). The van der Waals surface area contributed by atoms with Gasteiger partial charge < -0.3 is 5.73 Å². The lowest BCUT2D eigenvalue weighted by atomic mass is 10.0. The summed E-state index contributed by atoms with van der Waals surface area (Å²) in [5.41, 5.74) is 8.31. The fourth-order valence-corrected chi connectivity index (χ4v) is 0.947. The van der Waals surface area contributed by atoms with Crippen molar-refractivity contribution in [1.82, 2.24) is 10.4 Å². The van der Waals surface area contributed by atoms with Gasteiger partial charge in [0.25, 0.3) is 5.91 Å². The molecular weight excluding hydrogens is 166 g/mol. The molecule has 0 fully saturated rings. The van der Waals surface area contributed by atoms with Gasteiger partial charge in [-0.3, -0.25) is 10.2 Å². The lowest BCUT2D eigenvalue weighted by molar-refractivity contribution is -0.126. The number of carbonyl (C=O) groups excluding carboxylic acids is 1. The molecule has 4 heteroatoms. The van der Waals surface area contributed by atoms with Crippen molar-refractivity contribution in [2.45, 2.75) is 32.7 Å². The molecule has 78 valence electrons.